The van der Waals surface area contributed by atoms with Crippen molar-refractivity contribution in [2.75, 3.05) is 0 Å². The molecule has 0 aliphatic carbocycles. The van der Waals surface area contributed by atoms with E-state index in [2.05, 4.69) is 44.2 Å². The Bertz CT molecular complexity index is 393. The Morgan fingerprint density at radius 3 is 2.71 bits per heavy atom. The number of alkyl halides is 1. The monoisotopic (exact) mass is 334 g/mol. The number of aryl methyl sites for hydroxylation is 1. The first-order valence-electron chi connectivity index (χ1n) is 4.11. The molecule has 1 atom stereocenters. The van der Waals surface area contributed by atoms with Crippen LogP contribution in [0.3, 0.4) is 0 Å². The van der Waals surface area contributed by atoms with Crippen LogP contribution in [0.25, 0.3) is 0 Å². The van der Waals surface area contributed by atoms with Crippen molar-refractivity contribution in [2.45, 2.75) is 11.8 Å². The number of thiophene rings is 1. The molecule has 0 bridgehead atoms. The summed E-state index contributed by atoms with van der Waals surface area (Å²) in [6, 6.07) is 4.03. The molecule has 0 spiro atoms. The summed E-state index contributed by atoms with van der Waals surface area (Å²) in [6.45, 7) is 2.05. The van der Waals surface area contributed by atoms with E-state index in [9.17, 15) is 0 Å². The number of halogens is 2. The van der Waals surface area contributed by atoms with E-state index in [-0.39, 0.29) is 4.83 Å². The lowest BCUT2D eigenvalue weighted by Crippen LogP contribution is -1.89. The van der Waals surface area contributed by atoms with Crippen LogP contribution < -0.4 is 0 Å². The van der Waals surface area contributed by atoms with E-state index in [4.69, 9.17) is 4.42 Å². The molecule has 2 heterocycles. The van der Waals surface area contributed by atoms with Gasteiger partial charge in [0.2, 0.25) is 0 Å². The Morgan fingerprint density at radius 1 is 1.43 bits per heavy atom. The average molecular weight is 336 g/mol. The SMILES string of the molecule is Cc1ccoc1C(Br)c1sccc1Br. The predicted octanol–water partition coefficient (Wildman–Crippen LogP) is 4.90. The molecule has 0 saturated carbocycles. The maximum Gasteiger partial charge on any atom is 0.125 e. The molecule has 0 saturated heterocycles. The molecule has 0 amide bonds. The molecular formula is C10H8Br2OS. The van der Waals surface area contributed by atoms with Crippen LogP contribution in [0.1, 0.15) is 21.0 Å². The van der Waals surface area contributed by atoms with Gasteiger partial charge in [0.05, 0.1) is 6.26 Å². The molecule has 14 heavy (non-hydrogen) atoms. The molecule has 2 aromatic rings. The Morgan fingerprint density at radius 2 is 2.21 bits per heavy atom. The maximum absolute atomic E-state index is 5.44. The first-order valence-corrected chi connectivity index (χ1v) is 6.70. The minimum atomic E-state index is 0.145. The first kappa shape index (κ1) is 10.5. The molecular weight excluding hydrogens is 328 g/mol. The summed E-state index contributed by atoms with van der Waals surface area (Å²) < 4.78 is 6.57. The summed E-state index contributed by atoms with van der Waals surface area (Å²) in [7, 11) is 0. The third-order valence-corrected chi connectivity index (χ3v) is 5.12. The van der Waals surface area contributed by atoms with E-state index in [0.29, 0.717) is 0 Å². The zero-order chi connectivity index (χ0) is 10.1. The summed E-state index contributed by atoms with van der Waals surface area (Å²) in [5.41, 5.74) is 1.17. The lowest BCUT2D eigenvalue weighted by atomic mass is 10.2. The highest BCUT2D eigenvalue weighted by atomic mass is 79.9. The second-order valence-corrected chi connectivity index (χ2v) is 5.68. The van der Waals surface area contributed by atoms with Crippen LogP contribution in [0.4, 0.5) is 0 Å². The zero-order valence-electron chi connectivity index (χ0n) is 7.46. The number of hydrogen-bond acceptors (Lipinski definition) is 2. The van der Waals surface area contributed by atoms with Crippen molar-refractivity contribution >= 4 is 43.2 Å². The molecule has 74 valence electrons. The lowest BCUT2D eigenvalue weighted by molar-refractivity contribution is 0.518. The van der Waals surface area contributed by atoms with Gasteiger partial charge in [0.25, 0.3) is 0 Å². The van der Waals surface area contributed by atoms with Gasteiger partial charge in [-0.25, -0.2) is 0 Å². The minimum Gasteiger partial charge on any atom is -0.467 e. The fourth-order valence-corrected chi connectivity index (χ4v) is 4.17. The van der Waals surface area contributed by atoms with E-state index in [1.54, 1.807) is 17.6 Å². The Labute approximate surface area is 103 Å². The normalized spacial score (nSPS) is 13.1. The summed E-state index contributed by atoms with van der Waals surface area (Å²) in [5.74, 6) is 0.980. The third kappa shape index (κ3) is 1.83. The molecule has 0 N–H and O–H groups in total. The van der Waals surface area contributed by atoms with E-state index < -0.39 is 0 Å². The average Bonchev–Trinajstić information content (AvgIpc) is 2.73. The Kier molecular flexibility index (Phi) is 3.14. The molecule has 0 aromatic carbocycles. The van der Waals surface area contributed by atoms with Crippen LogP contribution in [0.2, 0.25) is 0 Å². The molecule has 0 fully saturated rings. The van der Waals surface area contributed by atoms with Gasteiger partial charge in [-0.1, -0.05) is 15.9 Å². The lowest BCUT2D eigenvalue weighted by Gasteiger charge is -2.06. The fourth-order valence-electron chi connectivity index (χ4n) is 1.25. The number of hydrogen-bond donors (Lipinski definition) is 0. The fraction of sp³-hybridized carbons (Fsp3) is 0.200. The van der Waals surface area contributed by atoms with E-state index in [1.807, 2.05) is 12.1 Å². The van der Waals surface area contributed by atoms with Crippen LogP contribution in [-0.2, 0) is 0 Å². The summed E-state index contributed by atoms with van der Waals surface area (Å²) in [5, 5.41) is 2.06. The van der Waals surface area contributed by atoms with Crippen molar-refractivity contribution in [2.24, 2.45) is 0 Å². The van der Waals surface area contributed by atoms with E-state index in [0.717, 1.165) is 10.2 Å². The molecule has 0 aliphatic rings. The quantitative estimate of drug-likeness (QED) is 0.712. The van der Waals surface area contributed by atoms with Crippen LogP contribution in [-0.4, -0.2) is 0 Å². The highest BCUT2D eigenvalue weighted by Gasteiger charge is 2.19. The van der Waals surface area contributed by atoms with Crippen molar-refractivity contribution in [3.8, 4) is 0 Å². The van der Waals surface area contributed by atoms with Crippen molar-refractivity contribution in [1.82, 2.24) is 0 Å². The number of furan rings is 1. The molecule has 2 aromatic heterocycles. The molecule has 1 nitrogen and oxygen atoms in total. The van der Waals surface area contributed by atoms with Gasteiger partial charge in [0, 0.05) is 9.35 Å². The van der Waals surface area contributed by atoms with Gasteiger partial charge < -0.3 is 4.42 Å². The van der Waals surface area contributed by atoms with Crippen molar-refractivity contribution in [1.29, 1.82) is 0 Å². The highest BCUT2D eigenvalue weighted by molar-refractivity contribution is 9.11. The van der Waals surface area contributed by atoms with Crippen LogP contribution in [0.5, 0.6) is 0 Å². The summed E-state index contributed by atoms with van der Waals surface area (Å²) in [6.07, 6.45) is 1.72. The van der Waals surface area contributed by atoms with Gasteiger partial charge in [-0.3, -0.25) is 0 Å². The zero-order valence-corrected chi connectivity index (χ0v) is 11.4. The van der Waals surface area contributed by atoms with Gasteiger partial charge in [-0.2, -0.15) is 0 Å². The van der Waals surface area contributed by atoms with Gasteiger partial charge in [0.15, 0.2) is 0 Å². The van der Waals surface area contributed by atoms with Gasteiger partial charge in [-0.05, 0) is 45.9 Å². The van der Waals surface area contributed by atoms with E-state index in [1.165, 1.54) is 10.4 Å². The second-order valence-electron chi connectivity index (χ2n) is 2.96. The summed E-state index contributed by atoms with van der Waals surface area (Å²) >= 11 is 8.87. The van der Waals surface area contributed by atoms with Crippen molar-refractivity contribution < 1.29 is 4.42 Å². The largest absolute Gasteiger partial charge is 0.467 e. The number of rotatable bonds is 2. The van der Waals surface area contributed by atoms with Crippen LogP contribution >= 0.6 is 43.2 Å². The van der Waals surface area contributed by atoms with Gasteiger partial charge >= 0.3 is 0 Å². The maximum atomic E-state index is 5.44. The minimum absolute atomic E-state index is 0.145. The predicted molar refractivity (Wildman–Crippen MR) is 66.2 cm³/mol. The highest BCUT2D eigenvalue weighted by Crippen LogP contribution is 2.40. The Hall–Kier alpha value is -0.0600. The second kappa shape index (κ2) is 4.21. The van der Waals surface area contributed by atoms with Gasteiger partial charge in [0.1, 0.15) is 10.6 Å². The Balaban J connectivity index is 2.38. The molecule has 1 unspecified atom stereocenters. The van der Waals surface area contributed by atoms with Crippen molar-refractivity contribution in [3.05, 3.63) is 44.4 Å². The first-order chi connectivity index (χ1) is 6.70. The van der Waals surface area contributed by atoms with Gasteiger partial charge in [-0.15, -0.1) is 11.3 Å². The topological polar surface area (TPSA) is 13.1 Å². The molecule has 4 heteroatoms. The molecule has 0 radical (unpaired) electrons. The van der Waals surface area contributed by atoms with Crippen LogP contribution in [0.15, 0.2) is 32.7 Å². The van der Waals surface area contributed by atoms with Crippen LogP contribution in [0, 0.1) is 6.92 Å². The van der Waals surface area contributed by atoms with Crippen molar-refractivity contribution in [3.63, 3.8) is 0 Å². The molecule has 0 aliphatic heterocycles. The summed E-state index contributed by atoms with van der Waals surface area (Å²) in [4.78, 5) is 1.38. The third-order valence-electron chi connectivity index (χ3n) is 2.01. The molecule has 2 rings (SSSR count). The smallest absolute Gasteiger partial charge is 0.125 e. The standard InChI is InChI=1S/C10H8Br2OS/c1-6-2-4-13-9(6)8(12)10-7(11)3-5-14-10/h2-5,8H,1H3. The van der Waals surface area contributed by atoms with E-state index >= 15 is 0 Å².